The average molecular weight is 412 g/mol. The monoisotopic (exact) mass is 411 g/mol. The van der Waals surface area contributed by atoms with Gasteiger partial charge in [0.1, 0.15) is 4.88 Å². The van der Waals surface area contributed by atoms with Gasteiger partial charge in [-0.05, 0) is 36.4 Å². The average Bonchev–Trinajstić information content (AvgIpc) is 3.04. The van der Waals surface area contributed by atoms with Crippen LogP contribution in [0.3, 0.4) is 0 Å². The normalized spacial score (nSPS) is 10.5. The van der Waals surface area contributed by atoms with Crippen molar-refractivity contribution >= 4 is 39.9 Å². The Hall–Kier alpha value is -2.64. The Balaban J connectivity index is 1.76. The number of hydrogen-bond donors (Lipinski definition) is 1. The predicted molar refractivity (Wildman–Crippen MR) is 115 cm³/mol. The third kappa shape index (κ3) is 4.99. The number of aromatic nitrogens is 1. The molecule has 144 valence electrons. The second-order valence-corrected chi connectivity index (χ2v) is 8.47. The van der Waals surface area contributed by atoms with Crippen molar-refractivity contribution in [2.45, 2.75) is 18.2 Å². The molecule has 1 aromatic heterocycles. The van der Waals surface area contributed by atoms with Gasteiger partial charge in [-0.25, -0.2) is 4.98 Å². The molecule has 0 aliphatic heterocycles. The van der Waals surface area contributed by atoms with Gasteiger partial charge in [-0.2, -0.15) is 0 Å². The molecule has 2 aromatic carbocycles. The molecule has 7 heteroatoms. The van der Waals surface area contributed by atoms with Gasteiger partial charge in [0, 0.05) is 25.4 Å². The van der Waals surface area contributed by atoms with E-state index in [0.29, 0.717) is 27.6 Å². The number of rotatable bonds is 5. The van der Waals surface area contributed by atoms with Crippen LogP contribution in [0, 0.1) is 6.92 Å². The standard InChI is InChI=1S/C21H21N3O2S2/c1-14-19(28-18(22-14)13-15-9-5-4-6-10-15)20(25)23-16-11-7-8-12-17(16)27-21(26)24(2)3/h4-12H,13H2,1-3H3,(H,23,25). The van der Waals surface area contributed by atoms with Crippen molar-refractivity contribution in [2.75, 3.05) is 19.4 Å². The third-order valence-corrected chi connectivity index (χ3v) is 6.21. The number of thiazole rings is 1. The highest BCUT2D eigenvalue weighted by molar-refractivity contribution is 8.13. The highest BCUT2D eigenvalue weighted by atomic mass is 32.2. The maximum Gasteiger partial charge on any atom is 0.286 e. The molecule has 0 fully saturated rings. The van der Waals surface area contributed by atoms with E-state index in [4.69, 9.17) is 0 Å². The van der Waals surface area contributed by atoms with Crippen molar-refractivity contribution in [3.05, 3.63) is 75.7 Å². The first-order valence-electron chi connectivity index (χ1n) is 8.74. The Labute approximate surface area is 172 Å². The van der Waals surface area contributed by atoms with Crippen LogP contribution in [0.15, 0.2) is 59.5 Å². The molecule has 0 unspecified atom stereocenters. The molecule has 2 amide bonds. The fourth-order valence-corrected chi connectivity index (χ4v) is 4.27. The summed E-state index contributed by atoms with van der Waals surface area (Å²) in [6.45, 7) is 1.84. The minimum atomic E-state index is -0.209. The molecule has 5 nitrogen and oxygen atoms in total. The van der Waals surface area contributed by atoms with Crippen LogP contribution in [0.5, 0.6) is 0 Å². The summed E-state index contributed by atoms with van der Waals surface area (Å²) < 4.78 is 0. The second kappa shape index (κ2) is 9.03. The number of carbonyl (C=O) groups excluding carboxylic acids is 2. The van der Waals surface area contributed by atoms with Gasteiger partial charge in [0.2, 0.25) is 0 Å². The fraction of sp³-hybridized carbons (Fsp3) is 0.190. The lowest BCUT2D eigenvalue weighted by Gasteiger charge is -2.12. The van der Waals surface area contributed by atoms with Gasteiger partial charge in [0.05, 0.1) is 16.4 Å². The molecule has 0 saturated carbocycles. The van der Waals surface area contributed by atoms with Gasteiger partial charge in [-0.15, -0.1) is 11.3 Å². The summed E-state index contributed by atoms with van der Waals surface area (Å²) in [6, 6.07) is 17.4. The number of carbonyl (C=O) groups is 2. The Kier molecular flexibility index (Phi) is 6.49. The largest absolute Gasteiger partial charge is 0.339 e. The van der Waals surface area contributed by atoms with Crippen LogP contribution >= 0.6 is 23.1 Å². The van der Waals surface area contributed by atoms with Crippen molar-refractivity contribution in [1.29, 1.82) is 0 Å². The second-order valence-electron chi connectivity index (χ2n) is 6.40. The zero-order chi connectivity index (χ0) is 20.1. The van der Waals surface area contributed by atoms with Crippen LogP contribution in [0.25, 0.3) is 0 Å². The zero-order valence-corrected chi connectivity index (χ0v) is 17.6. The smallest absolute Gasteiger partial charge is 0.286 e. The molecular formula is C21H21N3O2S2. The molecule has 0 radical (unpaired) electrons. The van der Waals surface area contributed by atoms with E-state index < -0.39 is 0 Å². The molecule has 3 rings (SSSR count). The minimum Gasteiger partial charge on any atom is -0.339 e. The molecule has 28 heavy (non-hydrogen) atoms. The van der Waals surface area contributed by atoms with E-state index in [-0.39, 0.29) is 11.1 Å². The SMILES string of the molecule is Cc1nc(Cc2ccccc2)sc1C(=O)Nc1ccccc1SC(=O)N(C)C. The number of aryl methyl sites for hydroxylation is 1. The number of nitrogens with one attached hydrogen (secondary N) is 1. The molecule has 1 N–H and O–H groups in total. The molecule has 0 atom stereocenters. The molecule has 3 aromatic rings. The number of para-hydroxylation sites is 1. The number of amides is 2. The van der Waals surface area contributed by atoms with Gasteiger partial charge in [-0.3, -0.25) is 9.59 Å². The van der Waals surface area contributed by atoms with Crippen molar-refractivity contribution in [1.82, 2.24) is 9.88 Å². The first-order chi connectivity index (χ1) is 13.4. The van der Waals surface area contributed by atoms with Crippen LogP contribution in [0.2, 0.25) is 0 Å². The summed E-state index contributed by atoms with van der Waals surface area (Å²) >= 11 is 2.49. The van der Waals surface area contributed by atoms with E-state index in [9.17, 15) is 9.59 Å². The Morgan fingerprint density at radius 1 is 1.07 bits per heavy atom. The van der Waals surface area contributed by atoms with Crippen LogP contribution in [-0.2, 0) is 6.42 Å². The van der Waals surface area contributed by atoms with E-state index in [1.165, 1.54) is 16.2 Å². The molecule has 0 saturated heterocycles. The molecular weight excluding hydrogens is 390 g/mol. The molecule has 0 aliphatic carbocycles. The van der Waals surface area contributed by atoms with Crippen molar-refractivity contribution in [3.8, 4) is 0 Å². The maximum absolute atomic E-state index is 12.8. The van der Waals surface area contributed by atoms with Crippen molar-refractivity contribution in [2.24, 2.45) is 0 Å². The van der Waals surface area contributed by atoms with Crippen LogP contribution < -0.4 is 5.32 Å². The van der Waals surface area contributed by atoms with Crippen molar-refractivity contribution in [3.63, 3.8) is 0 Å². The first-order valence-corrected chi connectivity index (χ1v) is 10.4. The van der Waals surface area contributed by atoms with Crippen LogP contribution in [-0.4, -0.2) is 35.1 Å². The van der Waals surface area contributed by atoms with E-state index >= 15 is 0 Å². The third-order valence-electron chi connectivity index (χ3n) is 3.94. The molecule has 0 spiro atoms. The zero-order valence-electron chi connectivity index (χ0n) is 15.9. The Bertz CT molecular complexity index is 984. The number of nitrogens with zero attached hydrogens (tertiary/aromatic N) is 2. The molecule has 1 heterocycles. The topological polar surface area (TPSA) is 62.3 Å². The summed E-state index contributed by atoms with van der Waals surface area (Å²) in [4.78, 5) is 32.2. The number of benzene rings is 2. The quantitative estimate of drug-likeness (QED) is 0.596. The Morgan fingerprint density at radius 3 is 2.46 bits per heavy atom. The lowest BCUT2D eigenvalue weighted by molar-refractivity contribution is 0.102. The van der Waals surface area contributed by atoms with Crippen LogP contribution in [0.4, 0.5) is 10.5 Å². The Morgan fingerprint density at radius 2 is 1.75 bits per heavy atom. The highest BCUT2D eigenvalue weighted by Gasteiger charge is 2.18. The lowest BCUT2D eigenvalue weighted by Crippen LogP contribution is -2.17. The molecule has 0 aliphatic rings. The fourth-order valence-electron chi connectivity index (χ4n) is 2.53. The van der Waals surface area contributed by atoms with E-state index in [1.807, 2.05) is 55.5 Å². The maximum atomic E-state index is 12.8. The summed E-state index contributed by atoms with van der Waals surface area (Å²) in [5.41, 5.74) is 2.49. The van der Waals surface area contributed by atoms with Gasteiger partial charge < -0.3 is 10.2 Å². The minimum absolute atomic E-state index is 0.0965. The summed E-state index contributed by atoms with van der Waals surface area (Å²) in [6.07, 6.45) is 0.698. The number of anilines is 1. The van der Waals surface area contributed by atoms with Crippen LogP contribution in [0.1, 0.15) is 25.9 Å². The number of thioether (sulfide) groups is 1. The van der Waals surface area contributed by atoms with E-state index in [1.54, 1.807) is 20.2 Å². The lowest BCUT2D eigenvalue weighted by atomic mass is 10.2. The van der Waals surface area contributed by atoms with Gasteiger partial charge in [0.25, 0.3) is 11.1 Å². The van der Waals surface area contributed by atoms with Crippen molar-refractivity contribution < 1.29 is 9.59 Å². The summed E-state index contributed by atoms with van der Waals surface area (Å²) in [5.74, 6) is -0.209. The van der Waals surface area contributed by atoms with Gasteiger partial charge in [0.15, 0.2) is 0 Å². The predicted octanol–water partition coefficient (Wildman–Crippen LogP) is 5.07. The van der Waals surface area contributed by atoms with Gasteiger partial charge >= 0.3 is 0 Å². The summed E-state index contributed by atoms with van der Waals surface area (Å²) in [7, 11) is 3.40. The van der Waals surface area contributed by atoms with E-state index in [2.05, 4.69) is 10.3 Å². The molecule has 0 bridgehead atoms. The van der Waals surface area contributed by atoms with Gasteiger partial charge in [-0.1, -0.05) is 42.5 Å². The van der Waals surface area contributed by atoms with E-state index in [0.717, 1.165) is 22.3 Å². The summed E-state index contributed by atoms with van der Waals surface area (Å²) in [5, 5.41) is 3.73. The number of hydrogen-bond acceptors (Lipinski definition) is 5. The first kappa shape index (κ1) is 20.1. The highest BCUT2D eigenvalue weighted by Crippen LogP contribution is 2.30.